The van der Waals surface area contributed by atoms with E-state index >= 15 is 0 Å². The van der Waals surface area contributed by atoms with Crippen molar-refractivity contribution in [1.82, 2.24) is 4.98 Å². The van der Waals surface area contributed by atoms with Crippen LogP contribution in [-0.4, -0.2) is 42.1 Å². The average molecular weight is 458 g/mol. The molecule has 1 aliphatic heterocycles. The second-order valence-electron chi connectivity index (χ2n) is 7.42. The molecule has 0 saturated heterocycles. The van der Waals surface area contributed by atoms with Crippen LogP contribution in [0, 0.1) is 5.82 Å². The number of amides is 1. The zero-order valence-electron chi connectivity index (χ0n) is 19.9. The van der Waals surface area contributed by atoms with Crippen molar-refractivity contribution in [1.29, 1.82) is 0 Å². The number of halogens is 4. The molecule has 32 heavy (non-hydrogen) atoms. The van der Waals surface area contributed by atoms with Gasteiger partial charge in [-0.05, 0) is 38.1 Å². The number of rotatable bonds is 4. The number of aliphatic imine (C=N–C) groups is 1. The molecule has 0 fully saturated rings. The number of anilines is 2. The summed E-state index contributed by atoms with van der Waals surface area (Å²) in [5.41, 5.74) is 6.61. The first kappa shape index (κ1) is 19.3. The molecule has 3 rings (SSSR count). The third kappa shape index (κ3) is 4.05. The summed E-state index contributed by atoms with van der Waals surface area (Å²) >= 11 is 0. The minimum atomic E-state index is -4.84. The molecule has 8 nitrogen and oxygen atoms in total. The number of nitrogen functional groups attached to an aromatic ring is 1. The molecule has 1 amide bonds. The van der Waals surface area contributed by atoms with E-state index in [2.05, 4.69) is 20.0 Å². The molecule has 12 heteroatoms. The second kappa shape index (κ2) is 7.93. The van der Waals surface area contributed by atoms with E-state index in [-0.39, 0.29) is 28.5 Å². The first-order valence-electron chi connectivity index (χ1n) is 10.6. The highest BCUT2D eigenvalue weighted by Crippen LogP contribution is 2.41. The van der Waals surface area contributed by atoms with Crippen LogP contribution < -0.4 is 21.5 Å². The summed E-state index contributed by atoms with van der Waals surface area (Å²) < 4.78 is 85.6. The predicted octanol–water partition coefficient (Wildman–Crippen LogP) is 2.99. The quantitative estimate of drug-likeness (QED) is 0.605. The summed E-state index contributed by atoms with van der Waals surface area (Å²) in [5, 5.41) is 2.46. The van der Waals surface area contributed by atoms with Crippen LogP contribution in [0.3, 0.4) is 0 Å². The molecular weight excluding hydrogens is 434 g/mol. The molecule has 0 unspecified atom stereocenters. The van der Waals surface area contributed by atoms with E-state index in [0.29, 0.717) is 0 Å². The molecule has 1 aromatic heterocycles. The zero-order chi connectivity index (χ0) is 26.4. The highest BCUT2D eigenvalue weighted by molar-refractivity contribution is 6.07. The van der Waals surface area contributed by atoms with Crippen LogP contribution >= 0.6 is 0 Å². The molecule has 5 N–H and O–H groups in total. The number of carbonyl (C=O) groups is 1. The summed E-state index contributed by atoms with van der Waals surface area (Å²) in [6.45, 7) is 1.43. The van der Waals surface area contributed by atoms with E-state index in [4.69, 9.17) is 20.3 Å². The maximum Gasteiger partial charge on any atom is 0.424 e. The molecular formula is C20H21F4N5O3. The molecule has 0 bridgehead atoms. The van der Waals surface area contributed by atoms with E-state index in [1.54, 1.807) is 0 Å². The van der Waals surface area contributed by atoms with E-state index in [1.807, 2.05) is 0 Å². The Morgan fingerprint density at radius 1 is 1.28 bits per heavy atom. The molecule has 0 spiro atoms. The first-order valence-corrected chi connectivity index (χ1v) is 9.09. The van der Waals surface area contributed by atoms with Crippen LogP contribution in [0.15, 0.2) is 35.3 Å². The first-order chi connectivity index (χ1) is 15.9. The third-order valence-corrected chi connectivity index (χ3v) is 5.09. The van der Waals surface area contributed by atoms with Crippen LogP contribution in [0.4, 0.5) is 29.1 Å². The summed E-state index contributed by atoms with van der Waals surface area (Å²) in [7, 11) is -2.77. The maximum atomic E-state index is 14.7. The van der Waals surface area contributed by atoms with Gasteiger partial charge in [0.1, 0.15) is 23.0 Å². The minimum Gasteiger partial charge on any atom is -0.481 e. The fraction of sp³-hybridized carbons (Fsp3) is 0.350. The standard InChI is InChI=1S/C20H21F4N5O3/c1-18(9-32-19(2,17(26)29-18)20(22,23)24)12-8-10(4-6-13(12)21)27-16(30)11-5-7-14(31-3)28-15(11)25/h4-8H,9H2,1-3H3,(H2,25,28)(H2,26,29)(H,27,30)/t18-,19+/m0/s1/i3D3. The Morgan fingerprint density at radius 2 is 2.00 bits per heavy atom. The highest BCUT2D eigenvalue weighted by Gasteiger charge is 2.59. The molecule has 1 aromatic carbocycles. The van der Waals surface area contributed by atoms with Crippen LogP contribution in [0.25, 0.3) is 0 Å². The van der Waals surface area contributed by atoms with Crippen LogP contribution in [0.5, 0.6) is 5.88 Å². The SMILES string of the molecule is [2H]C([2H])([2H])Oc1ccc(C(=O)Nc2ccc(F)c([C@]3(C)CO[C@@](C)(C(F)(F)F)C(N)=N3)c2)c(N)n1. The van der Waals surface area contributed by atoms with Gasteiger partial charge < -0.3 is 26.3 Å². The number of nitrogens with two attached hydrogens (primary N) is 2. The highest BCUT2D eigenvalue weighted by atomic mass is 19.4. The molecule has 2 atom stereocenters. The smallest absolute Gasteiger partial charge is 0.424 e. The Hall–Kier alpha value is -3.41. The number of carbonyl (C=O) groups excluding carboxylic acids is 1. The van der Waals surface area contributed by atoms with Crippen molar-refractivity contribution >= 4 is 23.2 Å². The lowest BCUT2D eigenvalue weighted by Gasteiger charge is -2.41. The van der Waals surface area contributed by atoms with Gasteiger partial charge in [0.25, 0.3) is 5.91 Å². The third-order valence-electron chi connectivity index (χ3n) is 5.09. The Morgan fingerprint density at radius 3 is 2.59 bits per heavy atom. The number of hydrogen-bond acceptors (Lipinski definition) is 7. The molecule has 0 radical (unpaired) electrons. The van der Waals surface area contributed by atoms with Gasteiger partial charge in [-0.3, -0.25) is 9.79 Å². The topological polar surface area (TPSA) is 125 Å². The number of benzene rings is 1. The zero-order valence-corrected chi connectivity index (χ0v) is 16.9. The van der Waals surface area contributed by atoms with Crippen molar-refractivity contribution < 1.29 is 35.9 Å². The van der Waals surface area contributed by atoms with Crippen molar-refractivity contribution in [3.8, 4) is 5.88 Å². The normalized spacial score (nSPS) is 25.2. The Balaban J connectivity index is 1.88. The minimum absolute atomic E-state index is 0.0628. The Bertz CT molecular complexity index is 1190. The fourth-order valence-corrected chi connectivity index (χ4v) is 3.05. The molecule has 0 saturated carbocycles. The van der Waals surface area contributed by atoms with Gasteiger partial charge >= 0.3 is 6.18 Å². The number of alkyl halides is 3. The van der Waals surface area contributed by atoms with Crippen molar-refractivity contribution in [3.63, 3.8) is 0 Å². The van der Waals surface area contributed by atoms with Crippen LogP contribution in [0.2, 0.25) is 0 Å². The largest absolute Gasteiger partial charge is 0.481 e. The number of aromatic nitrogens is 1. The molecule has 2 aromatic rings. The second-order valence-corrected chi connectivity index (χ2v) is 7.42. The summed E-state index contributed by atoms with van der Waals surface area (Å²) in [5.74, 6) is -3.11. The number of pyridine rings is 1. The van der Waals surface area contributed by atoms with Gasteiger partial charge in [0, 0.05) is 17.3 Å². The number of ether oxygens (including phenoxy) is 2. The van der Waals surface area contributed by atoms with Crippen LogP contribution in [-0.2, 0) is 10.3 Å². The lowest BCUT2D eigenvalue weighted by molar-refractivity contribution is -0.249. The lowest BCUT2D eigenvalue weighted by Crippen LogP contribution is -2.60. The number of amidine groups is 1. The number of nitrogens with zero attached hydrogens (tertiary/aromatic N) is 2. The van der Waals surface area contributed by atoms with Gasteiger partial charge in [0.2, 0.25) is 11.5 Å². The number of hydrogen-bond donors (Lipinski definition) is 3. The molecule has 2 heterocycles. The Kier molecular flexibility index (Phi) is 4.78. The van der Waals surface area contributed by atoms with Crippen molar-refractivity contribution in [2.45, 2.75) is 31.2 Å². The molecule has 1 aliphatic rings. The van der Waals surface area contributed by atoms with Crippen molar-refractivity contribution in [2.24, 2.45) is 10.7 Å². The fourth-order valence-electron chi connectivity index (χ4n) is 3.05. The summed E-state index contributed by atoms with van der Waals surface area (Å²) in [4.78, 5) is 20.3. The van der Waals surface area contributed by atoms with E-state index in [1.165, 1.54) is 25.1 Å². The molecule has 0 aliphatic carbocycles. The van der Waals surface area contributed by atoms with Gasteiger partial charge in [-0.1, -0.05) is 0 Å². The average Bonchev–Trinajstić information content (AvgIpc) is 2.70. The summed E-state index contributed by atoms with van der Waals surface area (Å²) in [6.07, 6.45) is -4.84. The van der Waals surface area contributed by atoms with Crippen molar-refractivity contribution in [2.75, 3.05) is 24.7 Å². The van der Waals surface area contributed by atoms with Gasteiger partial charge in [-0.25, -0.2) is 4.39 Å². The van der Waals surface area contributed by atoms with Gasteiger partial charge in [0.05, 0.1) is 23.3 Å². The number of nitrogens with one attached hydrogen (secondary N) is 1. The lowest BCUT2D eigenvalue weighted by atomic mass is 9.89. The van der Waals surface area contributed by atoms with Gasteiger partial charge in [-0.15, -0.1) is 0 Å². The Labute approximate surface area is 184 Å². The summed E-state index contributed by atoms with van der Waals surface area (Å²) in [6, 6.07) is 5.70. The van der Waals surface area contributed by atoms with Gasteiger partial charge in [0.15, 0.2) is 0 Å². The monoisotopic (exact) mass is 458 g/mol. The van der Waals surface area contributed by atoms with Gasteiger partial charge in [-0.2, -0.15) is 18.2 Å². The van der Waals surface area contributed by atoms with E-state index in [9.17, 15) is 22.4 Å². The maximum absolute atomic E-state index is 14.7. The van der Waals surface area contributed by atoms with Crippen molar-refractivity contribution in [3.05, 3.63) is 47.3 Å². The van der Waals surface area contributed by atoms with E-state index < -0.39 is 48.5 Å². The predicted molar refractivity (Wildman–Crippen MR) is 109 cm³/mol. The van der Waals surface area contributed by atoms with E-state index in [0.717, 1.165) is 19.1 Å². The molecule has 172 valence electrons. The van der Waals surface area contributed by atoms with Crippen LogP contribution in [0.1, 0.15) is 33.9 Å². The number of methoxy groups -OCH3 is 1.